The predicted octanol–water partition coefficient (Wildman–Crippen LogP) is 14.5. The normalized spacial score (nSPS) is 11.9. The molecular weight excluding hydrogens is 713 g/mol. The van der Waals surface area contributed by atoms with Gasteiger partial charge in [-0.1, -0.05) is 127 Å². The summed E-state index contributed by atoms with van der Waals surface area (Å²) in [5.74, 6) is 0.650. The Kier molecular flexibility index (Phi) is 7.06. The second-order valence-corrected chi connectivity index (χ2v) is 15.6. The Balaban J connectivity index is 1.17. The average molecular weight is 745 g/mol. The number of nitrogens with zero attached hydrogens (tertiary/aromatic N) is 4. The van der Waals surface area contributed by atoms with Crippen LogP contribution in [0.25, 0.3) is 91.6 Å². The van der Waals surface area contributed by atoms with Crippen molar-refractivity contribution in [1.82, 2.24) is 14.5 Å². The molecule has 0 saturated heterocycles. The molecule has 0 atom stereocenters. The van der Waals surface area contributed by atoms with Crippen LogP contribution in [0.3, 0.4) is 0 Å². The molecule has 57 heavy (non-hydrogen) atoms. The molecule has 4 nitrogen and oxygen atoms in total. The van der Waals surface area contributed by atoms with Gasteiger partial charge >= 0.3 is 0 Å². The molecule has 0 fully saturated rings. The van der Waals surface area contributed by atoms with Crippen molar-refractivity contribution in [3.05, 3.63) is 194 Å². The van der Waals surface area contributed by atoms with Gasteiger partial charge in [-0.15, -0.1) is 11.3 Å². The number of rotatable bonds is 5. The number of aromatic nitrogens is 3. The number of thiophene rings is 1. The zero-order valence-electron chi connectivity index (χ0n) is 30.7. The number of benzene rings is 9. The number of hydrogen-bond donors (Lipinski definition) is 0. The van der Waals surface area contributed by atoms with E-state index in [4.69, 9.17) is 9.97 Å². The zero-order valence-corrected chi connectivity index (χ0v) is 31.5. The molecule has 0 bridgehead atoms. The van der Waals surface area contributed by atoms with Crippen LogP contribution in [-0.2, 0) is 0 Å². The lowest BCUT2D eigenvalue weighted by molar-refractivity contribution is 1.01. The molecule has 266 valence electrons. The van der Waals surface area contributed by atoms with Gasteiger partial charge in [0.1, 0.15) is 0 Å². The van der Waals surface area contributed by atoms with Crippen molar-refractivity contribution >= 4 is 103 Å². The second kappa shape index (κ2) is 12.6. The summed E-state index contributed by atoms with van der Waals surface area (Å²) in [7, 11) is 0. The fraction of sp³-hybridized carbons (Fsp3) is 0. The lowest BCUT2D eigenvalue weighted by Crippen LogP contribution is -2.09. The lowest BCUT2D eigenvalue weighted by Gasteiger charge is -2.25. The summed E-state index contributed by atoms with van der Waals surface area (Å²) < 4.78 is 4.79. The molecule has 9 aromatic carbocycles. The Hall–Kier alpha value is -7.34. The third-order valence-corrected chi connectivity index (χ3v) is 12.5. The first-order valence-corrected chi connectivity index (χ1v) is 20.1. The number of para-hydroxylation sites is 3. The summed E-state index contributed by atoms with van der Waals surface area (Å²) in [4.78, 5) is 13.3. The van der Waals surface area contributed by atoms with Crippen LogP contribution >= 0.6 is 11.3 Å². The minimum atomic E-state index is 0.650. The monoisotopic (exact) mass is 744 g/mol. The second-order valence-electron chi connectivity index (χ2n) is 14.6. The van der Waals surface area contributed by atoms with E-state index < -0.39 is 0 Å². The Labute approximate surface area is 332 Å². The van der Waals surface area contributed by atoms with Gasteiger partial charge in [-0.05, 0) is 88.3 Å². The zero-order chi connectivity index (χ0) is 37.5. The molecule has 0 unspecified atom stereocenters. The van der Waals surface area contributed by atoms with E-state index in [2.05, 4.69) is 204 Å². The summed E-state index contributed by atoms with van der Waals surface area (Å²) in [6, 6.07) is 69.4. The van der Waals surface area contributed by atoms with E-state index in [1.807, 2.05) is 11.3 Å². The van der Waals surface area contributed by atoms with Crippen molar-refractivity contribution in [2.24, 2.45) is 0 Å². The highest BCUT2D eigenvalue weighted by atomic mass is 32.1. The highest BCUT2D eigenvalue weighted by molar-refractivity contribution is 7.26. The first-order valence-electron chi connectivity index (χ1n) is 19.3. The average Bonchev–Trinajstić information content (AvgIpc) is 3.83. The molecule has 5 heteroatoms. The standard InChI is InChI=1S/C52H32N4S/c1-3-17-35(18-4-1)55(36-19-5-2-6-20-36)37-28-30-45-42(32-37)48-38-21-9-7-15-33(38)27-29-46(48)56(45)52-53-44-25-13-11-23-40(44)50(54-52)43-31-34-16-8-10-22-39(34)49-41-24-12-14-26-47(41)57-51(43)49/h1-32H. The molecule has 12 aromatic rings. The van der Waals surface area contributed by atoms with Gasteiger partial charge in [-0.3, -0.25) is 4.57 Å². The molecule has 0 N–H and O–H groups in total. The lowest BCUT2D eigenvalue weighted by atomic mass is 9.97. The SMILES string of the molecule is c1ccc(N(c2ccccc2)c2ccc3c(c2)c2c4ccccc4ccc2n3-c2nc(-c3cc4ccccc4c4c3sc3ccccc34)c3ccccc3n2)cc1. The predicted molar refractivity (Wildman–Crippen MR) is 242 cm³/mol. The molecule has 3 aromatic heterocycles. The van der Waals surface area contributed by atoms with Crippen LogP contribution in [-0.4, -0.2) is 14.5 Å². The van der Waals surface area contributed by atoms with Crippen molar-refractivity contribution in [1.29, 1.82) is 0 Å². The maximum atomic E-state index is 5.62. The van der Waals surface area contributed by atoms with Crippen LogP contribution in [0, 0.1) is 0 Å². The van der Waals surface area contributed by atoms with Crippen LogP contribution in [0.1, 0.15) is 0 Å². The molecular formula is C52H32N4S. The first kappa shape index (κ1) is 32.0. The smallest absolute Gasteiger partial charge is 0.235 e. The molecule has 0 amide bonds. The minimum absolute atomic E-state index is 0.650. The molecule has 0 radical (unpaired) electrons. The van der Waals surface area contributed by atoms with E-state index in [-0.39, 0.29) is 0 Å². The Bertz CT molecular complexity index is 3490. The number of fused-ring (bicyclic) bond motifs is 11. The summed E-state index contributed by atoms with van der Waals surface area (Å²) in [6.45, 7) is 0. The molecule has 0 spiro atoms. The molecule has 0 aliphatic carbocycles. The van der Waals surface area contributed by atoms with Gasteiger partial charge in [-0.2, -0.15) is 0 Å². The summed E-state index contributed by atoms with van der Waals surface area (Å²) in [5.41, 5.74) is 8.37. The van der Waals surface area contributed by atoms with Crippen molar-refractivity contribution < 1.29 is 0 Å². The molecule has 0 aliphatic heterocycles. The largest absolute Gasteiger partial charge is 0.310 e. The first-order chi connectivity index (χ1) is 28.3. The van der Waals surface area contributed by atoms with E-state index in [1.54, 1.807) is 0 Å². The van der Waals surface area contributed by atoms with Crippen molar-refractivity contribution in [2.75, 3.05) is 4.90 Å². The summed E-state index contributed by atoms with van der Waals surface area (Å²) in [5, 5.41) is 10.8. The van der Waals surface area contributed by atoms with Crippen LogP contribution < -0.4 is 4.90 Å². The van der Waals surface area contributed by atoms with Crippen molar-refractivity contribution in [2.45, 2.75) is 0 Å². The Morgan fingerprint density at radius 3 is 1.81 bits per heavy atom. The van der Waals surface area contributed by atoms with E-state index in [1.165, 1.54) is 47.1 Å². The van der Waals surface area contributed by atoms with Gasteiger partial charge in [0.2, 0.25) is 5.95 Å². The van der Waals surface area contributed by atoms with Gasteiger partial charge in [0.25, 0.3) is 0 Å². The fourth-order valence-corrected chi connectivity index (χ4v) is 10.1. The van der Waals surface area contributed by atoms with Gasteiger partial charge < -0.3 is 4.90 Å². The maximum Gasteiger partial charge on any atom is 0.235 e. The van der Waals surface area contributed by atoms with Crippen LogP contribution in [0.5, 0.6) is 0 Å². The van der Waals surface area contributed by atoms with Gasteiger partial charge in [0.05, 0.1) is 22.2 Å². The molecule has 3 heterocycles. The van der Waals surface area contributed by atoms with Crippen LogP contribution in [0.4, 0.5) is 17.1 Å². The minimum Gasteiger partial charge on any atom is -0.310 e. The number of anilines is 3. The highest BCUT2D eigenvalue weighted by Crippen LogP contribution is 2.46. The summed E-state index contributed by atoms with van der Waals surface area (Å²) in [6.07, 6.45) is 0. The summed E-state index contributed by atoms with van der Waals surface area (Å²) >= 11 is 1.85. The van der Waals surface area contributed by atoms with Crippen molar-refractivity contribution in [3.8, 4) is 17.2 Å². The van der Waals surface area contributed by atoms with Crippen molar-refractivity contribution in [3.63, 3.8) is 0 Å². The van der Waals surface area contributed by atoms with Gasteiger partial charge in [0.15, 0.2) is 0 Å². The van der Waals surface area contributed by atoms with Crippen LogP contribution in [0.2, 0.25) is 0 Å². The molecule has 0 saturated carbocycles. The quantitative estimate of drug-likeness (QED) is 0.176. The topological polar surface area (TPSA) is 34.0 Å². The van der Waals surface area contributed by atoms with E-state index in [9.17, 15) is 0 Å². The Morgan fingerprint density at radius 2 is 1.04 bits per heavy atom. The maximum absolute atomic E-state index is 5.62. The molecule has 12 rings (SSSR count). The third-order valence-electron chi connectivity index (χ3n) is 11.3. The number of hydrogen-bond acceptors (Lipinski definition) is 4. The van der Waals surface area contributed by atoms with Crippen LogP contribution in [0.15, 0.2) is 194 Å². The third kappa shape index (κ3) is 4.93. The molecule has 0 aliphatic rings. The van der Waals surface area contributed by atoms with Gasteiger partial charge in [0, 0.05) is 59.0 Å². The Morgan fingerprint density at radius 1 is 0.421 bits per heavy atom. The van der Waals surface area contributed by atoms with Gasteiger partial charge in [-0.25, -0.2) is 9.97 Å². The highest BCUT2D eigenvalue weighted by Gasteiger charge is 2.23. The van der Waals surface area contributed by atoms with E-state index in [0.29, 0.717) is 5.95 Å². The van der Waals surface area contributed by atoms with E-state index >= 15 is 0 Å². The fourth-order valence-electron chi connectivity index (χ4n) is 8.85. The van der Waals surface area contributed by atoms with E-state index in [0.717, 1.165) is 55.6 Å².